The van der Waals surface area contributed by atoms with E-state index < -0.39 is 0 Å². The molecule has 2 aromatic heterocycles. The van der Waals surface area contributed by atoms with E-state index in [1.54, 1.807) is 22.6 Å². The molecule has 0 aliphatic carbocycles. The highest BCUT2D eigenvalue weighted by Gasteiger charge is 2.17. The van der Waals surface area contributed by atoms with Crippen molar-refractivity contribution in [3.05, 3.63) is 39.8 Å². The number of carbonyl (C=O) groups is 2. The van der Waals surface area contributed by atoms with Crippen LogP contribution in [0, 0.1) is 0 Å². The van der Waals surface area contributed by atoms with Crippen LogP contribution in [0.25, 0.3) is 0 Å². The molecule has 7 nitrogen and oxygen atoms in total. The topological polar surface area (TPSA) is 94.1 Å². The second-order valence-corrected chi connectivity index (χ2v) is 8.22. The van der Waals surface area contributed by atoms with Gasteiger partial charge in [0.05, 0.1) is 16.6 Å². The van der Waals surface area contributed by atoms with Gasteiger partial charge in [-0.2, -0.15) is 0 Å². The number of thiophene rings is 1. The Morgan fingerprint density at radius 3 is 2.85 bits per heavy atom. The molecule has 2 rings (SSSR count). The van der Waals surface area contributed by atoms with Gasteiger partial charge in [0.25, 0.3) is 0 Å². The van der Waals surface area contributed by atoms with Crippen LogP contribution in [0.2, 0.25) is 4.34 Å². The van der Waals surface area contributed by atoms with Crippen LogP contribution in [-0.2, 0) is 29.6 Å². The smallest absolute Gasteiger partial charge is 0.233 e. The lowest BCUT2D eigenvalue weighted by Gasteiger charge is -2.20. The number of hydrogen-bond acceptors (Lipinski definition) is 6. The summed E-state index contributed by atoms with van der Waals surface area (Å²) in [5.41, 5.74) is 5.15. The third-order valence-corrected chi connectivity index (χ3v) is 5.74. The zero-order chi connectivity index (χ0) is 19.1. The van der Waals surface area contributed by atoms with Crippen LogP contribution in [0.3, 0.4) is 0 Å². The van der Waals surface area contributed by atoms with E-state index in [1.807, 2.05) is 12.1 Å². The van der Waals surface area contributed by atoms with Crippen LogP contribution in [0.15, 0.2) is 29.9 Å². The molecule has 2 amide bonds. The monoisotopic (exact) mass is 413 g/mol. The van der Waals surface area contributed by atoms with Crippen LogP contribution < -0.4 is 5.73 Å². The van der Waals surface area contributed by atoms with Crippen LogP contribution in [0.4, 0.5) is 0 Å². The molecule has 0 spiro atoms. The summed E-state index contributed by atoms with van der Waals surface area (Å²) < 4.78 is 2.47. The minimum Gasteiger partial charge on any atom is -0.370 e. The zero-order valence-electron chi connectivity index (χ0n) is 14.4. The Bertz CT molecular complexity index is 789. The van der Waals surface area contributed by atoms with Gasteiger partial charge in [-0.3, -0.25) is 9.59 Å². The van der Waals surface area contributed by atoms with Crippen LogP contribution >= 0.6 is 34.7 Å². The van der Waals surface area contributed by atoms with E-state index in [0.29, 0.717) is 34.8 Å². The minimum atomic E-state index is -0.383. The number of nitrogens with zero attached hydrogens (tertiary/aromatic N) is 4. The SMILES string of the molecule is C=CCN(Cc1ccc(Cl)s1)C(=O)CSc1nnc(CCC(N)=O)n1C. The van der Waals surface area contributed by atoms with Crippen molar-refractivity contribution in [2.75, 3.05) is 12.3 Å². The summed E-state index contributed by atoms with van der Waals surface area (Å²) in [7, 11) is 1.80. The number of halogens is 1. The molecule has 0 fully saturated rings. The normalized spacial score (nSPS) is 10.7. The molecule has 0 saturated heterocycles. The first-order valence-corrected chi connectivity index (χ1v) is 10.0. The van der Waals surface area contributed by atoms with E-state index >= 15 is 0 Å². The van der Waals surface area contributed by atoms with E-state index in [-0.39, 0.29) is 24.0 Å². The Balaban J connectivity index is 1.94. The van der Waals surface area contributed by atoms with Gasteiger partial charge in [-0.05, 0) is 12.1 Å². The highest BCUT2D eigenvalue weighted by molar-refractivity contribution is 7.99. The Morgan fingerprint density at radius 2 is 2.23 bits per heavy atom. The summed E-state index contributed by atoms with van der Waals surface area (Å²) in [5, 5.41) is 8.74. The number of aryl methyl sites for hydroxylation is 1. The maximum Gasteiger partial charge on any atom is 0.233 e. The maximum atomic E-state index is 12.6. The van der Waals surface area contributed by atoms with Gasteiger partial charge in [0.2, 0.25) is 11.8 Å². The predicted octanol–water partition coefficient (Wildman–Crippen LogP) is 2.25. The lowest BCUT2D eigenvalue weighted by Crippen LogP contribution is -2.31. The minimum absolute atomic E-state index is 0.0268. The van der Waals surface area contributed by atoms with Gasteiger partial charge in [-0.1, -0.05) is 29.4 Å². The van der Waals surface area contributed by atoms with Crippen molar-refractivity contribution < 1.29 is 9.59 Å². The van der Waals surface area contributed by atoms with Crippen LogP contribution in [-0.4, -0.2) is 43.8 Å². The molecule has 10 heteroatoms. The highest BCUT2D eigenvalue weighted by atomic mass is 35.5. The quantitative estimate of drug-likeness (QED) is 0.476. The Hall–Kier alpha value is -1.84. The number of thioether (sulfide) groups is 1. The molecule has 0 saturated carbocycles. The average Bonchev–Trinajstić information content (AvgIpc) is 3.16. The molecule has 0 bridgehead atoms. The van der Waals surface area contributed by atoms with Gasteiger partial charge in [0.15, 0.2) is 5.16 Å². The lowest BCUT2D eigenvalue weighted by atomic mass is 10.3. The van der Waals surface area contributed by atoms with Crippen LogP contribution in [0.1, 0.15) is 17.1 Å². The molecular formula is C16H20ClN5O2S2. The molecule has 0 radical (unpaired) electrons. The van der Waals surface area contributed by atoms with E-state index in [0.717, 1.165) is 4.88 Å². The number of primary amides is 1. The van der Waals surface area contributed by atoms with Gasteiger partial charge in [0, 0.05) is 31.3 Å². The summed E-state index contributed by atoms with van der Waals surface area (Å²) >= 11 is 8.71. The summed E-state index contributed by atoms with van der Waals surface area (Å²) in [4.78, 5) is 26.2. The number of hydrogen-bond donors (Lipinski definition) is 1. The van der Waals surface area contributed by atoms with Crippen molar-refractivity contribution in [3.8, 4) is 0 Å². The molecule has 2 heterocycles. The van der Waals surface area contributed by atoms with Crippen molar-refractivity contribution in [1.82, 2.24) is 19.7 Å². The summed E-state index contributed by atoms with van der Waals surface area (Å²) in [6, 6.07) is 3.73. The molecule has 0 aliphatic heterocycles. The molecule has 0 aromatic carbocycles. The summed E-state index contributed by atoms with van der Waals surface area (Å²) in [6.07, 6.45) is 2.34. The molecule has 0 aliphatic rings. The molecule has 0 atom stereocenters. The van der Waals surface area contributed by atoms with Crippen molar-refractivity contribution >= 4 is 46.5 Å². The first-order valence-electron chi connectivity index (χ1n) is 7.83. The Labute approximate surface area is 165 Å². The number of aromatic nitrogens is 3. The first kappa shape index (κ1) is 20.5. The number of amides is 2. The van der Waals surface area contributed by atoms with E-state index in [2.05, 4.69) is 16.8 Å². The molecule has 26 heavy (non-hydrogen) atoms. The van der Waals surface area contributed by atoms with Crippen LogP contribution in [0.5, 0.6) is 0 Å². The van der Waals surface area contributed by atoms with Gasteiger partial charge >= 0.3 is 0 Å². The van der Waals surface area contributed by atoms with Crippen molar-refractivity contribution in [2.24, 2.45) is 12.8 Å². The average molecular weight is 414 g/mol. The van der Waals surface area contributed by atoms with Gasteiger partial charge < -0.3 is 15.2 Å². The summed E-state index contributed by atoms with van der Waals surface area (Å²) in [5.74, 6) is 0.483. The summed E-state index contributed by atoms with van der Waals surface area (Å²) in [6.45, 7) is 4.66. The fourth-order valence-corrected chi connectivity index (χ4v) is 4.11. The van der Waals surface area contributed by atoms with Crippen molar-refractivity contribution in [2.45, 2.75) is 24.5 Å². The maximum absolute atomic E-state index is 12.6. The number of carbonyl (C=O) groups excluding carboxylic acids is 2. The van der Waals surface area contributed by atoms with E-state index in [4.69, 9.17) is 17.3 Å². The van der Waals surface area contributed by atoms with Crippen molar-refractivity contribution in [1.29, 1.82) is 0 Å². The third-order valence-electron chi connectivity index (χ3n) is 3.52. The van der Waals surface area contributed by atoms with Gasteiger partial charge in [-0.15, -0.1) is 28.1 Å². The fourth-order valence-electron chi connectivity index (χ4n) is 2.18. The molecule has 0 unspecified atom stereocenters. The zero-order valence-corrected chi connectivity index (χ0v) is 16.7. The number of rotatable bonds is 10. The standard InChI is InChI=1S/C16H20ClN5O2S2/c1-3-8-22(9-11-4-5-12(17)26-11)15(24)10-25-16-20-19-14(21(16)2)7-6-13(18)23/h3-5H,1,6-10H2,2H3,(H2,18,23). The lowest BCUT2D eigenvalue weighted by molar-refractivity contribution is -0.128. The second kappa shape index (κ2) is 9.75. The van der Waals surface area contributed by atoms with E-state index in [9.17, 15) is 9.59 Å². The largest absolute Gasteiger partial charge is 0.370 e. The number of nitrogens with two attached hydrogens (primary N) is 1. The molecular weight excluding hydrogens is 394 g/mol. The Morgan fingerprint density at radius 1 is 1.46 bits per heavy atom. The highest BCUT2D eigenvalue weighted by Crippen LogP contribution is 2.23. The molecule has 2 aromatic rings. The molecule has 140 valence electrons. The fraction of sp³-hybridized carbons (Fsp3) is 0.375. The third kappa shape index (κ3) is 5.86. The van der Waals surface area contributed by atoms with E-state index in [1.165, 1.54) is 23.1 Å². The first-order chi connectivity index (χ1) is 12.4. The van der Waals surface area contributed by atoms with Gasteiger partial charge in [-0.25, -0.2) is 0 Å². The predicted molar refractivity (Wildman–Crippen MR) is 104 cm³/mol. The van der Waals surface area contributed by atoms with Gasteiger partial charge in [0.1, 0.15) is 5.82 Å². The second-order valence-electron chi connectivity index (χ2n) is 5.48. The van der Waals surface area contributed by atoms with Crippen molar-refractivity contribution in [3.63, 3.8) is 0 Å². The Kier molecular flexibility index (Phi) is 7.67. The molecule has 2 N–H and O–H groups in total.